The third-order valence-electron chi connectivity index (χ3n) is 6.78. The number of nitrogens with zero attached hydrogens (tertiary/aromatic N) is 2. The molecule has 0 aromatic heterocycles. The number of hydrogen-bond acceptors (Lipinski definition) is 10. The summed E-state index contributed by atoms with van der Waals surface area (Å²) in [6.07, 6.45) is 4.10. The largest absolute Gasteiger partial charge is 0.469 e. The lowest BCUT2D eigenvalue weighted by molar-refractivity contribution is -0.769. The quantitative estimate of drug-likeness (QED) is 0.0822. The van der Waals surface area contributed by atoms with Gasteiger partial charge in [-0.2, -0.15) is 0 Å². The van der Waals surface area contributed by atoms with Crippen LogP contribution in [-0.2, 0) is 45.9 Å². The summed E-state index contributed by atoms with van der Waals surface area (Å²) in [6.45, 7) is 37.2. The van der Waals surface area contributed by atoms with Crippen LogP contribution in [0.2, 0.25) is 65.0 Å². The summed E-state index contributed by atoms with van der Waals surface area (Å²) in [6, 6.07) is -1.93. The van der Waals surface area contributed by atoms with Crippen LogP contribution in [0.5, 0.6) is 0 Å². The minimum absolute atomic E-state index is 0.115. The van der Waals surface area contributed by atoms with Crippen molar-refractivity contribution >= 4 is 75.1 Å². The monoisotopic (exact) mass is 765 g/mol. The molecule has 50 heavy (non-hydrogen) atoms. The first-order valence-corrected chi connectivity index (χ1v) is 28.1. The summed E-state index contributed by atoms with van der Waals surface area (Å²) in [5.41, 5.74) is 0. The Morgan fingerprint density at radius 3 is 1.12 bits per heavy atom. The van der Waals surface area contributed by atoms with Gasteiger partial charge in [-0.3, -0.25) is 4.79 Å². The average Bonchev–Trinajstić information content (AvgIpc) is 3.00. The van der Waals surface area contributed by atoms with Crippen LogP contribution in [0.4, 0.5) is 0 Å². The van der Waals surface area contributed by atoms with Gasteiger partial charge in [-0.15, -0.1) is 8.97 Å². The minimum atomic E-state index is -3.35. The van der Waals surface area contributed by atoms with Crippen molar-refractivity contribution in [1.82, 2.24) is 5.32 Å². The molecule has 1 unspecified atom stereocenters. The topological polar surface area (TPSA) is 159 Å². The maximum atomic E-state index is 14.3. The van der Waals surface area contributed by atoms with Gasteiger partial charge in [0, 0.05) is 49.0 Å². The number of carbonyl (C=O) groups excluding carboxylic acids is 7. The molecule has 13 nitrogen and oxygen atoms in total. The maximum absolute atomic E-state index is 14.3. The van der Waals surface area contributed by atoms with Crippen LogP contribution in [0, 0.1) is 0 Å². The molecule has 0 saturated carbocycles. The van der Waals surface area contributed by atoms with Gasteiger partial charge in [0.05, 0.1) is 0 Å². The summed E-state index contributed by atoms with van der Waals surface area (Å²) in [5.74, 6) is -8.73. The molecule has 0 aliphatic heterocycles. The average molecular weight is 766 g/mol. The standard InChI is InChI=1S/C33H54N3O10Si4/c1-16-27(37)35(28(38)17-2,29(39)18-3)25-26(36(30(40)19-4,31(41)20-5)32(42)21-6)33(43)34-23-22-24-50(44-47(7,8)9,45-48(10,11)12)46-49(13,14)15/h16-21,26H,1-6,22-25H2,7-15H3/q+1/p+1. The van der Waals surface area contributed by atoms with Crippen LogP contribution in [0.1, 0.15) is 6.42 Å². The lowest BCUT2D eigenvalue weighted by Crippen LogP contribution is -2.75. The SMILES string of the molecule is C=CC(=O)[N+](CC(C(=O)NCCC[Si](O[Si](C)(C)C)(O[Si](C)(C)C)O[Si](C)(C)C)[N+](C(=O)C=C)(C(=O)C=C)C(=O)C=C)(C(=O)C=C)C(=O)C=C. The second-order valence-electron chi connectivity index (χ2n) is 14.2. The normalized spacial score (nSPS) is 13.2. The molecule has 0 bridgehead atoms. The van der Waals surface area contributed by atoms with E-state index in [1.54, 1.807) is 0 Å². The summed E-state index contributed by atoms with van der Waals surface area (Å²) >= 11 is 0. The molecular formula is C33H55N3O10Si4+2. The number of carbonyl (C=O) groups is 7. The van der Waals surface area contributed by atoms with E-state index in [0.29, 0.717) is 42.5 Å². The maximum Gasteiger partial charge on any atom is 0.469 e. The van der Waals surface area contributed by atoms with E-state index < -0.39 is 96.7 Å². The minimum Gasteiger partial charge on any atom is -0.417 e. The number of imide groups is 6. The summed E-state index contributed by atoms with van der Waals surface area (Å²) < 4.78 is 16.2. The molecule has 276 valence electrons. The van der Waals surface area contributed by atoms with Crippen LogP contribution < -0.4 is 5.32 Å². The van der Waals surface area contributed by atoms with Crippen molar-refractivity contribution in [3.05, 3.63) is 75.9 Å². The fourth-order valence-electron chi connectivity index (χ4n) is 5.17. The van der Waals surface area contributed by atoms with Gasteiger partial charge in [0.1, 0.15) is 0 Å². The van der Waals surface area contributed by atoms with Gasteiger partial charge in [0.25, 0.3) is 5.91 Å². The molecule has 0 spiro atoms. The second kappa shape index (κ2) is 18.2. The predicted molar refractivity (Wildman–Crippen MR) is 202 cm³/mol. The molecule has 0 aromatic rings. The fraction of sp³-hybridized carbons (Fsp3) is 0.424. The van der Waals surface area contributed by atoms with Crippen molar-refractivity contribution in [3.63, 3.8) is 0 Å². The number of hydrogen-bond donors (Lipinski definition) is 1. The van der Waals surface area contributed by atoms with Crippen LogP contribution >= 0.6 is 0 Å². The Bertz CT molecular complexity index is 1300. The Morgan fingerprint density at radius 1 is 0.560 bits per heavy atom. The number of nitrogens with one attached hydrogen (secondary N) is 1. The van der Waals surface area contributed by atoms with E-state index in [9.17, 15) is 33.6 Å². The van der Waals surface area contributed by atoms with Crippen LogP contribution in [0.25, 0.3) is 0 Å². The third-order valence-corrected chi connectivity index (χ3v) is 18.8. The van der Waals surface area contributed by atoms with E-state index >= 15 is 0 Å². The highest BCUT2D eigenvalue weighted by Gasteiger charge is 2.63. The Morgan fingerprint density at radius 2 is 0.860 bits per heavy atom. The van der Waals surface area contributed by atoms with E-state index in [0.717, 1.165) is 0 Å². The van der Waals surface area contributed by atoms with Crippen LogP contribution in [0.3, 0.4) is 0 Å². The smallest absolute Gasteiger partial charge is 0.417 e. The highest BCUT2D eigenvalue weighted by Crippen LogP contribution is 2.30. The van der Waals surface area contributed by atoms with Crippen molar-refractivity contribution in [2.45, 2.75) is 77.4 Å². The van der Waals surface area contributed by atoms with E-state index in [2.05, 4.69) is 44.8 Å². The highest BCUT2D eigenvalue weighted by molar-refractivity contribution is 6.90. The first-order valence-electron chi connectivity index (χ1n) is 15.9. The molecule has 7 amide bonds. The summed E-state index contributed by atoms with van der Waals surface area (Å²) in [5, 5.41) is 2.63. The zero-order chi connectivity index (χ0) is 39.5. The molecular weight excluding hydrogens is 711 g/mol. The Balaban J connectivity index is 7.49. The number of quaternary nitrogens is 2. The van der Waals surface area contributed by atoms with Gasteiger partial charge < -0.3 is 17.7 Å². The molecule has 1 atom stereocenters. The lowest BCUT2D eigenvalue weighted by atomic mass is 10.0. The molecule has 0 aliphatic rings. The van der Waals surface area contributed by atoms with Crippen molar-refractivity contribution in [2.75, 3.05) is 13.1 Å². The van der Waals surface area contributed by atoms with Crippen molar-refractivity contribution < 1.29 is 54.9 Å². The van der Waals surface area contributed by atoms with Crippen molar-refractivity contribution in [2.24, 2.45) is 0 Å². The van der Waals surface area contributed by atoms with E-state index in [1.807, 2.05) is 58.9 Å². The Labute approximate surface area is 301 Å². The van der Waals surface area contributed by atoms with Crippen LogP contribution in [0.15, 0.2) is 75.9 Å². The molecule has 0 aromatic carbocycles. The lowest BCUT2D eigenvalue weighted by Gasteiger charge is -2.43. The molecule has 0 aliphatic carbocycles. The molecule has 0 radical (unpaired) electrons. The summed E-state index contributed by atoms with van der Waals surface area (Å²) in [7, 11) is -10.1. The van der Waals surface area contributed by atoms with Gasteiger partial charge in [-0.1, -0.05) is 39.5 Å². The Hall–Kier alpha value is -3.40. The number of amides is 7. The van der Waals surface area contributed by atoms with Gasteiger partial charge in [0.2, 0.25) is 6.04 Å². The first-order chi connectivity index (χ1) is 22.7. The van der Waals surface area contributed by atoms with E-state index in [1.165, 1.54) is 0 Å². The van der Waals surface area contributed by atoms with Crippen molar-refractivity contribution in [3.8, 4) is 0 Å². The molecule has 0 rings (SSSR count). The zero-order valence-electron chi connectivity index (χ0n) is 31.1. The molecule has 17 heteroatoms. The van der Waals surface area contributed by atoms with Gasteiger partial charge >= 0.3 is 44.2 Å². The highest BCUT2D eigenvalue weighted by atomic mass is 28.5. The number of rotatable bonds is 20. The fourth-order valence-corrected chi connectivity index (χ4v) is 19.8. The van der Waals surface area contributed by atoms with Gasteiger partial charge in [0.15, 0.2) is 31.5 Å². The van der Waals surface area contributed by atoms with Gasteiger partial charge in [-0.25, -0.2) is 28.8 Å². The van der Waals surface area contributed by atoms with E-state index in [-0.39, 0.29) is 13.0 Å². The van der Waals surface area contributed by atoms with E-state index in [4.69, 9.17) is 12.3 Å². The Kier molecular flexibility index (Phi) is 17.0. The molecule has 1 N–H and O–H groups in total. The summed E-state index contributed by atoms with van der Waals surface area (Å²) in [4.78, 5) is 95.3. The molecule has 0 fully saturated rings. The van der Waals surface area contributed by atoms with Crippen LogP contribution in [-0.4, -0.2) is 103 Å². The second-order valence-corrected chi connectivity index (χ2v) is 31.2. The third kappa shape index (κ3) is 11.6. The zero-order valence-corrected chi connectivity index (χ0v) is 35.1. The van der Waals surface area contributed by atoms with Crippen molar-refractivity contribution in [1.29, 1.82) is 0 Å². The molecule has 0 saturated heterocycles. The van der Waals surface area contributed by atoms with Gasteiger partial charge in [-0.05, 0) is 65.3 Å². The predicted octanol–water partition coefficient (Wildman–Crippen LogP) is 4.26. The first kappa shape index (κ1) is 46.6. The molecule has 0 heterocycles.